The number of nitro groups is 1. The Morgan fingerprint density at radius 3 is 2.26 bits per heavy atom. The molecule has 246 valence electrons. The van der Waals surface area contributed by atoms with Gasteiger partial charge in [0.2, 0.25) is 0 Å². The van der Waals surface area contributed by atoms with Gasteiger partial charge in [-0.1, -0.05) is 51.2 Å². The van der Waals surface area contributed by atoms with Crippen molar-refractivity contribution in [3.05, 3.63) is 70.5 Å². The summed E-state index contributed by atoms with van der Waals surface area (Å²) in [6.07, 6.45) is 18.4. The maximum Gasteiger partial charge on any atom is 0.293 e. The van der Waals surface area contributed by atoms with Gasteiger partial charge in [-0.25, -0.2) is 13.1 Å². The van der Waals surface area contributed by atoms with Crippen LogP contribution in [-0.2, 0) is 16.6 Å². The minimum atomic E-state index is -4.35. The van der Waals surface area contributed by atoms with Gasteiger partial charge in [-0.3, -0.25) is 19.6 Å². The van der Waals surface area contributed by atoms with Gasteiger partial charge in [0.1, 0.15) is 5.69 Å². The number of aromatic nitrogens is 2. The zero-order valence-corrected chi connectivity index (χ0v) is 27.4. The van der Waals surface area contributed by atoms with Crippen molar-refractivity contribution in [1.82, 2.24) is 14.5 Å². The summed E-state index contributed by atoms with van der Waals surface area (Å²) in [4.78, 5) is 24.0. The highest BCUT2D eigenvalue weighted by molar-refractivity contribution is 7.90. The first-order valence-electron chi connectivity index (χ1n) is 16.9. The minimum Gasteiger partial charge on any atom is -0.379 e. The van der Waals surface area contributed by atoms with Crippen LogP contribution < -0.4 is 10.0 Å². The Morgan fingerprint density at radius 1 is 0.957 bits per heavy atom. The highest BCUT2D eigenvalue weighted by Gasteiger charge is 2.50. The topological polar surface area (TPSA) is 136 Å². The van der Waals surface area contributed by atoms with Gasteiger partial charge in [-0.2, -0.15) is 5.10 Å². The zero-order valence-electron chi connectivity index (χ0n) is 26.6. The molecule has 0 radical (unpaired) electrons. The fourth-order valence-corrected chi connectivity index (χ4v) is 9.51. The van der Waals surface area contributed by atoms with Crippen LogP contribution in [0.15, 0.2) is 59.8 Å². The molecule has 2 aromatic carbocycles. The van der Waals surface area contributed by atoms with E-state index >= 15 is 0 Å². The van der Waals surface area contributed by atoms with Gasteiger partial charge < -0.3 is 5.32 Å². The second-order valence-corrected chi connectivity index (χ2v) is 15.7. The van der Waals surface area contributed by atoms with E-state index in [-0.39, 0.29) is 21.6 Å². The maximum absolute atomic E-state index is 13.2. The normalized spacial score (nSPS) is 23.4. The summed E-state index contributed by atoms with van der Waals surface area (Å²) in [6, 6.07) is 10.4. The van der Waals surface area contributed by atoms with E-state index < -0.39 is 20.9 Å². The summed E-state index contributed by atoms with van der Waals surface area (Å²) in [6.45, 7) is 3.71. The summed E-state index contributed by atoms with van der Waals surface area (Å²) < 4.78 is 30.3. The first-order chi connectivity index (χ1) is 22.1. The van der Waals surface area contributed by atoms with Crippen LogP contribution in [0.4, 0.5) is 11.4 Å². The molecule has 4 bridgehead atoms. The molecule has 4 saturated carbocycles. The third-order valence-electron chi connectivity index (χ3n) is 10.4. The van der Waals surface area contributed by atoms with Gasteiger partial charge in [0.05, 0.1) is 16.0 Å². The van der Waals surface area contributed by atoms with Crippen molar-refractivity contribution < 1.29 is 18.1 Å². The number of anilines is 1. The number of carbonyl (C=O) groups excluding carboxylic acids is 1. The minimum absolute atomic E-state index is 0.158. The number of rotatable bonds is 15. The standard InChI is InChI=1S/C35H45N5O5S/c1-2-3-4-5-6-7-14-39-23-30(22-37-39)28-8-10-29(11-9-28)34(41)38-46(44,45)31-12-13-32(33(18-31)40(42)43)36-24-35-19-25-15-26(20-35)17-27(16-25)21-35/h8-13,18,22-23,25-27,36H,2-7,14-17,19-21,24H2,1H3,(H,38,41). The van der Waals surface area contributed by atoms with Crippen LogP contribution in [0.25, 0.3) is 11.1 Å². The molecule has 1 heterocycles. The first kappa shape index (κ1) is 32.2. The Kier molecular flexibility index (Phi) is 9.49. The summed E-state index contributed by atoms with van der Waals surface area (Å²) in [5, 5.41) is 19.8. The average molecular weight is 648 g/mol. The summed E-state index contributed by atoms with van der Waals surface area (Å²) >= 11 is 0. The number of nitrogens with zero attached hydrogens (tertiary/aromatic N) is 3. The predicted molar refractivity (Wildman–Crippen MR) is 178 cm³/mol. The second kappa shape index (κ2) is 13.6. The SMILES string of the molecule is CCCCCCCCn1cc(-c2ccc(C(=O)NS(=O)(=O)c3ccc(NCC45CC6CC(CC(C6)C4)C5)c([N+](=O)[O-])c3)cc2)cn1. The van der Waals surface area contributed by atoms with Crippen molar-refractivity contribution in [3.8, 4) is 11.1 Å². The number of nitro benzene ring substituents is 1. The van der Waals surface area contributed by atoms with Gasteiger partial charge >= 0.3 is 0 Å². The predicted octanol–water partition coefficient (Wildman–Crippen LogP) is 7.57. The molecular weight excluding hydrogens is 602 g/mol. The fourth-order valence-electron chi connectivity index (χ4n) is 8.51. The van der Waals surface area contributed by atoms with Gasteiger partial charge in [-0.05, 0) is 97.9 Å². The molecule has 1 aromatic heterocycles. The van der Waals surface area contributed by atoms with Crippen LogP contribution in [0, 0.1) is 33.3 Å². The molecule has 10 nitrogen and oxygen atoms in total. The lowest BCUT2D eigenvalue weighted by Crippen LogP contribution is -2.49. The number of benzene rings is 2. The van der Waals surface area contributed by atoms with E-state index in [1.807, 2.05) is 10.9 Å². The molecule has 7 rings (SSSR count). The van der Waals surface area contributed by atoms with Crippen LogP contribution in [0.2, 0.25) is 0 Å². The van der Waals surface area contributed by atoms with E-state index in [1.165, 1.54) is 63.5 Å². The lowest BCUT2D eigenvalue weighted by atomic mass is 9.49. The van der Waals surface area contributed by atoms with Gasteiger partial charge in [0, 0.05) is 36.5 Å². The molecule has 3 aromatic rings. The Hall–Kier alpha value is -3.73. The number of unbranched alkanes of at least 4 members (excludes halogenated alkanes) is 5. The summed E-state index contributed by atoms with van der Waals surface area (Å²) in [5.74, 6) is 1.47. The van der Waals surface area contributed by atoms with E-state index in [0.29, 0.717) is 12.2 Å². The highest BCUT2D eigenvalue weighted by Crippen LogP contribution is 2.60. The van der Waals surface area contributed by atoms with E-state index in [1.54, 1.807) is 30.5 Å². The number of sulfonamides is 1. The van der Waals surface area contributed by atoms with Crippen molar-refractivity contribution in [2.45, 2.75) is 95.4 Å². The Morgan fingerprint density at radius 2 is 1.61 bits per heavy atom. The molecule has 11 heteroatoms. The third kappa shape index (κ3) is 7.29. The number of amides is 1. The molecular formula is C35H45N5O5S. The lowest BCUT2D eigenvalue weighted by molar-refractivity contribution is -0.384. The molecule has 4 aliphatic carbocycles. The van der Waals surface area contributed by atoms with E-state index in [2.05, 4.69) is 22.1 Å². The average Bonchev–Trinajstić information content (AvgIpc) is 3.50. The zero-order chi connectivity index (χ0) is 32.3. The number of hydrogen-bond donors (Lipinski definition) is 2. The van der Waals surface area contributed by atoms with Crippen molar-refractivity contribution >= 4 is 27.3 Å². The molecule has 4 fully saturated rings. The van der Waals surface area contributed by atoms with Gasteiger partial charge in [0.25, 0.3) is 21.6 Å². The molecule has 0 atom stereocenters. The van der Waals surface area contributed by atoms with Gasteiger partial charge in [-0.15, -0.1) is 0 Å². The van der Waals surface area contributed by atoms with Crippen LogP contribution in [0.3, 0.4) is 0 Å². The molecule has 0 saturated heterocycles. The third-order valence-corrected chi connectivity index (χ3v) is 11.7. The number of nitrogens with one attached hydrogen (secondary N) is 2. The van der Waals surface area contributed by atoms with Crippen LogP contribution in [0.1, 0.15) is 94.3 Å². The monoisotopic (exact) mass is 647 g/mol. The van der Waals surface area contributed by atoms with Crippen molar-refractivity contribution in [3.63, 3.8) is 0 Å². The smallest absolute Gasteiger partial charge is 0.293 e. The molecule has 2 N–H and O–H groups in total. The molecule has 1 amide bonds. The summed E-state index contributed by atoms with van der Waals surface area (Å²) in [5.41, 5.74) is 2.08. The van der Waals surface area contributed by atoms with E-state index in [4.69, 9.17) is 0 Å². The highest BCUT2D eigenvalue weighted by atomic mass is 32.2. The lowest BCUT2D eigenvalue weighted by Gasteiger charge is -2.57. The van der Waals surface area contributed by atoms with Crippen LogP contribution in [0.5, 0.6) is 0 Å². The maximum atomic E-state index is 13.2. The van der Waals surface area contributed by atoms with Crippen LogP contribution in [-0.4, -0.2) is 35.6 Å². The van der Waals surface area contributed by atoms with Crippen LogP contribution >= 0.6 is 0 Å². The van der Waals surface area contributed by atoms with E-state index in [0.717, 1.165) is 67.2 Å². The Balaban J connectivity index is 1.06. The Bertz CT molecular complexity index is 1630. The molecule has 0 aliphatic heterocycles. The summed E-state index contributed by atoms with van der Waals surface area (Å²) in [7, 11) is -4.35. The fraction of sp³-hybridized carbons (Fsp3) is 0.543. The quantitative estimate of drug-likeness (QED) is 0.0986. The first-order valence-corrected chi connectivity index (χ1v) is 18.3. The number of hydrogen-bond acceptors (Lipinski definition) is 7. The number of aryl methyl sites for hydroxylation is 1. The molecule has 0 spiro atoms. The second-order valence-electron chi connectivity index (χ2n) is 14.0. The van der Waals surface area contributed by atoms with Gasteiger partial charge in [0.15, 0.2) is 0 Å². The Labute approximate surface area is 271 Å². The molecule has 4 aliphatic rings. The van der Waals surface area contributed by atoms with E-state index in [9.17, 15) is 23.3 Å². The van der Waals surface area contributed by atoms with Crippen molar-refractivity contribution in [2.75, 3.05) is 11.9 Å². The molecule has 0 unspecified atom stereocenters. The largest absolute Gasteiger partial charge is 0.379 e. The van der Waals surface area contributed by atoms with Crippen molar-refractivity contribution in [1.29, 1.82) is 0 Å². The number of carbonyl (C=O) groups is 1. The van der Waals surface area contributed by atoms with Crippen molar-refractivity contribution in [2.24, 2.45) is 23.2 Å². The molecule has 46 heavy (non-hydrogen) atoms.